The lowest BCUT2D eigenvalue weighted by Gasteiger charge is -2.31. The maximum absolute atomic E-state index is 13.4. The molecule has 0 aliphatic carbocycles. The van der Waals surface area contributed by atoms with Gasteiger partial charge in [0.25, 0.3) is 0 Å². The van der Waals surface area contributed by atoms with Gasteiger partial charge in [0.05, 0.1) is 0 Å². The first-order valence-corrected chi connectivity index (χ1v) is 6.24. The third kappa shape index (κ3) is 3.19. The number of anilines is 1. The van der Waals surface area contributed by atoms with Crippen LogP contribution in [0.5, 0.6) is 0 Å². The van der Waals surface area contributed by atoms with Crippen molar-refractivity contribution in [3.8, 4) is 0 Å². The maximum Gasteiger partial charge on any atom is 0.123 e. The van der Waals surface area contributed by atoms with Crippen molar-refractivity contribution in [2.75, 3.05) is 18.5 Å². The van der Waals surface area contributed by atoms with E-state index in [1.165, 1.54) is 6.07 Å². The molecule has 1 unspecified atom stereocenters. The number of rotatable bonds is 5. The van der Waals surface area contributed by atoms with Crippen molar-refractivity contribution in [2.45, 2.75) is 39.8 Å². The number of nitrogens with zero attached hydrogens (tertiary/aromatic N) is 1. The summed E-state index contributed by atoms with van der Waals surface area (Å²) in [4.78, 5) is 2.28. The minimum Gasteiger partial charge on any atom is -0.369 e. The molecular formula is C14H23FN2. The molecule has 1 N–H and O–H groups in total. The SMILES string of the molecule is CCN(c1ccc(F)cc1C(C)NC)C(C)C. The summed E-state index contributed by atoms with van der Waals surface area (Å²) in [6.45, 7) is 9.40. The quantitative estimate of drug-likeness (QED) is 0.846. The average molecular weight is 238 g/mol. The van der Waals surface area contributed by atoms with E-state index in [2.05, 4.69) is 31.0 Å². The van der Waals surface area contributed by atoms with Crippen molar-refractivity contribution in [3.05, 3.63) is 29.6 Å². The van der Waals surface area contributed by atoms with Crippen LogP contribution in [-0.2, 0) is 0 Å². The molecule has 0 spiro atoms. The standard InChI is InChI=1S/C14H23FN2/c1-6-17(10(2)3)14-8-7-12(15)9-13(14)11(4)16-5/h7-11,16H,6H2,1-5H3. The van der Waals surface area contributed by atoms with Gasteiger partial charge in [-0.15, -0.1) is 0 Å². The molecule has 0 bridgehead atoms. The van der Waals surface area contributed by atoms with E-state index in [1.807, 2.05) is 20.0 Å². The van der Waals surface area contributed by atoms with Gasteiger partial charge in [-0.1, -0.05) is 0 Å². The van der Waals surface area contributed by atoms with Crippen LogP contribution in [-0.4, -0.2) is 19.6 Å². The van der Waals surface area contributed by atoms with Gasteiger partial charge in [-0.2, -0.15) is 0 Å². The average Bonchev–Trinajstić information content (AvgIpc) is 2.30. The monoisotopic (exact) mass is 238 g/mol. The topological polar surface area (TPSA) is 15.3 Å². The fourth-order valence-electron chi connectivity index (χ4n) is 2.10. The molecule has 2 nitrogen and oxygen atoms in total. The maximum atomic E-state index is 13.4. The highest BCUT2D eigenvalue weighted by molar-refractivity contribution is 5.55. The fourth-order valence-corrected chi connectivity index (χ4v) is 2.10. The molecule has 1 rings (SSSR count). The molecule has 0 saturated carbocycles. The Morgan fingerprint density at radius 1 is 1.29 bits per heavy atom. The van der Waals surface area contributed by atoms with E-state index in [9.17, 15) is 4.39 Å². The first kappa shape index (κ1) is 14.0. The van der Waals surface area contributed by atoms with E-state index in [-0.39, 0.29) is 11.9 Å². The first-order chi connectivity index (χ1) is 8.01. The Balaban J connectivity index is 3.21. The Hall–Kier alpha value is -1.09. The van der Waals surface area contributed by atoms with Gasteiger partial charge < -0.3 is 10.2 Å². The summed E-state index contributed by atoms with van der Waals surface area (Å²) in [5.74, 6) is -0.175. The minimum absolute atomic E-state index is 0.147. The van der Waals surface area contributed by atoms with Crippen LogP contribution in [0.2, 0.25) is 0 Å². The summed E-state index contributed by atoms with van der Waals surface area (Å²) in [7, 11) is 1.89. The summed E-state index contributed by atoms with van der Waals surface area (Å²) in [5, 5.41) is 3.17. The number of hydrogen-bond donors (Lipinski definition) is 1. The second-order valence-electron chi connectivity index (χ2n) is 4.59. The summed E-state index contributed by atoms with van der Waals surface area (Å²) in [6.07, 6.45) is 0. The van der Waals surface area contributed by atoms with E-state index in [1.54, 1.807) is 6.07 Å². The number of nitrogens with one attached hydrogen (secondary N) is 1. The van der Waals surface area contributed by atoms with Crippen LogP contribution in [0, 0.1) is 5.82 Å². The van der Waals surface area contributed by atoms with Gasteiger partial charge in [-0.3, -0.25) is 0 Å². The van der Waals surface area contributed by atoms with Crippen LogP contribution in [0.3, 0.4) is 0 Å². The predicted molar refractivity (Wildman–Crippen MR) is 72.0 cm³/mol. The van der Waals surface area contributed by atoms with Crippen LogP contribution in [0.25, 0.3) is 0 Å². The Kier molecular flexibility index (Phi) is 4.94. The van der Waals surface area contributed by atoms with E-state index < -0.39 is 0 Å². The van der Waals surface area contributed by atoms with Crippen molar-refractivity contribution in [2.24, 2.45) is 0 Å². The molecule has 3 heteroatoms. The molecule has 0 amide bonds. The van der Waals surface area contributed by atoms with Crippen molar-refractivity contribution in [1.29, 1.82) is 0 Å². The molecular weight excluding hydrogens is 215 g/mol. The summed E-state index contributed by atoms with van der Waals surface area (Å²) in [6, 6.07) is 5.59. The Morgan fingerprint density at radius 3 is 2.41 bits per heavy atom. The molecule has 0 saturated heterocycles. The third-order valence-electron chi connectivity index (χ3n) is 3.16. The molecule has 0 aromatic heterocycles. The van der Waals surface area contributed by atoms with Crippen molar-refractivity contribution >= 4 is 5.69 Å². The Bertz CT molecular complexity index is 363. The van der Waals surface area contributed by atoms with E-state index in [0.717, 1.165) is 17.8 Å². The lowest BCUT2D eigenvalue weighted by molar-refractivity contribution is 0.602. The van der Waals surface area contributed by atoms with Gasteiger partial charge in [0, 0.05) is 24.3 Å². The minimum atomic E-state index is -0.175. The molecule has 0 heterocycles. The molecule has 1 aromatic carbocycles. The van der Waals surface area contributed by atoms with Crippen LogP contribution in [0.15, 0.2) is 18.2 Å². The van der Waals surface area contributed by atoms with E-state index >= 15 is 0 Å². The zero-order valence-electron chi connectivity index (χ0n) is 11.4. The molecule has 0 fully saturated rings. The normalized spacial score (nSPS) is 12.9. The molecule has 0 aliphatic heterocycles. The highest BCUT2D eigenvalue weighted by Crippen LogP contribution is 2.28. The molecule has 1 aromatic rings. The van der Waals surface area contributed by atoms with Gasteiger partial charge in [0.2, 0.25) is 0 Å². The van der Waals surface area contributed by atoms with Crippen LogP contribution in [0.4, 0.5) is 10.1 Å². The zero-order chi connectivity index (χ0) is 13.0. The molecule has 0 radical (unpaired) electrons. The molecule has 1 atom stereocenters. The van der Waals surface area contributed by atoms with Gasteiger partial charge in [-0.25, -0.2) is 4.39 Å². The van der Waals surface area contributed by atoms with Crippen molar-refractivity contribution in [3.63, 3.8) is 0 Å². The van der Waals surface area contributed by atoms with Crippen molar-refractivity contribution < 1.29 is 4.39 Å². The van der Waals surface area contributed by atoms with E-state index in [4.69, 9.17) is 0 Å². The van der Waals surface area contributed by atoms with Crippen LogP contribution < -0.4 is 10.2 Å². The van der Waals surface area contributed by atoms with Gasteiger partial charge >= 0.3 is 0 Å². The predicted octanol–water partition coefficient (Wildman–Crippen LogP) is 3.34. The third-order valence-corrected chi connectivity index (χ3v) is 3.16. The lowest BCUT2D eigenvalue weighted by Crippen LogP contribution is -2.32. The van der Waals surface area contributed by atoms with Gasteiger partial charge in [-0.05, 0) is 58.5 Å². The highest BCUT2D eigenvalue weighted by atomic mass is 19.1. The molecule has 96 valence electrons. The summed E-state index contributed by atoms with van der Waals surface area (Å²) in [5.41, 5.74) is 2.13. The lowest BCUT2D eigenvalue weighted by atomic mass is 10.0. The number of benzene rings is 1. The smallest absolute Gasteiger partial charge is 0.123 e. The van der Waals surface area contributed by atoms with Gasteiger partial charge in [0.15, 0.2) is 0 Å². The first-order valence-electron chi connectivity index (χ1n) is 6.24. The highest BCUT2D eigenvalue weighted by Gasteiger charge is 2.16. The van der Waals surface area contributed by atoms with E-state index in [0.29, 0.717) is 6.04 Å². The van der Waals surface area contributed by atoms with Crippen LogP contribution >= 0.6 is 0 Å². The largest absolute Gasteiger partial charge is 0.369 e. The Labute approximate surface area is 104 Å². The number of hydrogen-bond acceptors (Lipinski definition) is 2. The summed E-state index contributed by atoms with van der Waals surface area (Å²) >= 11 is 0. The van der Waals surface area contributed by atoms with Gasteiger partial charge in [0.1, 0.15) is 5.82 Å². The molecule has 17 heavy (non-hydrogen) atoms. The Morgan fingerprint density at radius 2 is 1.94 bits per heavy atom. The number of halogens is 1. The molecule has 0 aliphatic rings. The van der Waals surface area contributed by atoms with Crippen LogP contribution in [0.1, 0.15) is 39.3 Å². The second-order valence-corrected chi connectivity index (χ2v) is 4.59. The fraction of sp³-hybridized carbons (Fsp3) is 0.571. The second kappa shape index (κ2) is 6.01. The van der Waals surface area contributed by atoms with Crippen molar-refractivity contribution in [1.82, 2.24) is 5.32 Å². The summed E-state index contributed by atoms with van der Waals surface area (Å²) < 4.78 is 13.4. The zero-order valence-corrected chi connectivity index (χ0v) is 11.4.